The molecule has 0 radical (unpaired) electrons. The van der Waals surface area contributed by atoms with Crippen molar-refractivity contribution >= 4 is 0 Å². The maximum absolute atomic E-state index is 11.6. The Morgan fingerprint density at radius 3 is 2.75 bits per heavy atom. The summed E-state index contributed by atoms with van der Waals surface area (Å²) in [6.45, 7) is 3.07. The number of rotatable bonds is 4. The summed E-state index contributed by atoms with van der Waals surface area (Å²) in [6, 6.07) is -0.284. The fourth-order valence-electron chi connectivity index (χ4n) is 0.409. The van der Waals surface area contributed by atoms with Crippen LogP contribution < -0.4 is 5.73 Å². The van der Waals surface area contributed by atoms with Crippen LogP contribution in [0.25, 0.3) is 0 Å². The van der Waals surface area contributed by atoms with Crippen LogP contribution in [-0.4, -0.2) is 12.7 Å². The first-order valence-corrected chi connectivity index (χ1v) is 2.73. The van der Waals surface area contributed by atoms with E-state index in [4.69, 9.17) is 5.73 Å². The fourth-order valence-corrected chi connectivity index (χ4v) is 0.409. The maximum atomic E-state index is 11.6. The first kappa shape index (κ1) is 7.63. The molecule has 8 heavy (non-hydrogen) atoms. The van der Waals surface area contributed by atoms with Crippen molar-refractivity contribution in [3.63, 3.8) is 0 Å². The van der Waals surface area contributed by atoms with Gasteiger partial charge < -0.3 is 5.73 Å². The number of allylic oxidation sites excluding steroid dienone is 1. The highest BCUT2D eigenvalue weighted by molar-refractivity contribution is 4.70. The lowest BCUT2D eigenvalue weighted by Crippen LogP contribution is -2.21. The number of halogens is 1. The Bertz CT molecular complexity index is 63.5. The molecule has 2 heteroatoms. The molecule has 0 aliphatic rings. The Morgan fingerprint density at radius 2 is 2.38 bits per heavy atom. The summed E-state index contributed by atoms with van der Waals surface area (Å²) < 4.78 is 11.6. The third-order valence-electron chi connectivity index (χ3n) is 0.940. The number of nitrogens with two attached hydrogens (primary N) is 1. The van der Waals surface area contributed by atoms with Gasteiger partial charge in [0.15, 0.2) is 0 Å². The van der Waals surface area contributed by atoms with Gasteiger partial charge in [-0.1, -0.05) is 6.08 Å². The standard InChI is InChI=1S/C6H12FN/c1-2-3-4-6(8)5-7/h2,6H,1,3-5,8H2. The number of hydrogen-bond acceptors (Lipinski definition) is 1. The lowest BCUT2D eigenvalue weighted by molar-refractivity contribution is 0.415. The minimum Gasteiger partial charge on any atom is -0.325 e. The third kappa shape index (κ3) is 3.81. The molecule has 1 unspecified atom stereocenters. The van der Waals surface area contributed by atoms with Crippen molar-refractivity contribution in [2.24, 2.45) is 5.73 Å². The molecule has 0 heterocycles. The van der Waals surface area contributed by atoms with Crippen molar-refractivity contribution in [3.8, 4) is 0 Å². The molecule has 0 bridgehead atoms. The second-order valence-corrected chi connectivity index (χ2v) is 1.78. The van der Waals surface area contributed by atoms with Crippen molar-refractivity contribution in [2.45, 2.75) is 18.9 Å². The van der Waals surface area contributed by atoms with E-state index in [1.54, 1.807) is 6.08 Å². The summed E-state index contributed by atoms with van der Waals surface area (Å²) in [4.78, 5) is 0. The molecule has 0 amide bonds. The zero-order chi connectivity index (χ0) is 6.41. The van der Waals surface area contributed by atoms with E-state index < -0.39 is 6.67 Å². The number of alkyl halides is 1. The van der Waals surface area contributed by atoms with Crippen LogP contribution >= 0.6 is 0 Å². The Hall–Kier alpha value is -0.370. The molecular weight excluding hydrogens is 105 g/mol. The van der Waals surface area contributed by atoms with E-state index in [1.165, 1.54) is 0 Å². The lowest BCUT2D eigenvalue weighted by atomic mass is 10.2. The van der Waals surface area contributed by atoms with E-state index in [9.17, 15) is 4.39 Å². The van der Waals surface area contributed by atoms with Crippen molar-refractivity contribution in [2.75, 3.05) is 6.67 Å². The van der Waals surface area contributed by atoms with Crippen LogP contribution in [0.1, 0.15) is 12.8 Å². The Labute approximate surface area is 49.4 Å². The molecule has 0 saturated carbocycles. The summed E-state index contributed by atoms with van der Waals surface area (Å²) >= 11 is 0. The summed E-state index contributed by atoms with van der Waals surface area (Å²) in [5, 5.41) is 0. The smallest absolute Gasteiger partial charge is 0.104 e. The van der Waals surface area contributed by atoms with Crippen LogP contribution in [-0.2, 0) is 0 Å². The lowest BCUT2D eigenvalue weighted by Gasteiger charge is -2.01. The van der Waals surface area contributed by atoms with E-state index in [2.05, 4.69) is 6.58 Å². The van der Waals surface area contributed by atoms with Gasteiger partial charge in [-0.15, -0.1) is 6.58 Å². The fraction of sp³-hybridized carbons (Fsp3) is 0.667. The predicted molar refractivity (Wildman–Crippen MR) is 33.4 cm³/mol. The molecule has 0 rings (SSSR count). The van der Waals surface area contributed by atoms with Gasteiger partial charge in [0.1, 0.15) is 6.67 Å². The Kier molecular flexibility index (Phi) is 4.56. The van der Waals surface area contributed by atoms with Gasteiger partial charge in [-0.3, -0.25) is 0 Å². The molecule has 0 aromatic rings. The molecule has 1 atom stereocenters. The third-order valence-corrected chi connectivity index (χ3v) is 0.940. The first-order valence-electron chi connectivity index (χ1n) is 2.73. The van der Waals surface area contributed by atoms with E-state index in [0.29, 0.717) is 6.42 Å². The second kappa shape index (κ2) is 4.78. The van der Waals surface area contributed by atoms with Crippen LogP contribution in [0.5, 0.6) is 0 Å². The van der Waals surface area contributed by atoms with Crippen molar-refractivity contribution in [1.82, 2.24) is 0 Å². The molecule has 0 fully saturated rings. The van der Waals surface area contributed by atoms with Crippen LogP contribution in [0.4, 0.5) is 4.39 Å². The highest BCUT2D eigenvalue weighted by Crippen LogP contribution is 1.94. The van der Waals surface area contributed by atoms with Crippen molar-refractivity contribution in [3.05, 3.63) is 12.7 Å². The molecule has 1 nitrogen and oxygen atoms in total. The summed E-state index contributed by atoms with van der Waals surface area (Å²) in [6.07, 6.45) is 3.26. The minimum absolute atomic E-state index is 0.284. The van der Waals surface area contributed by atoms with E-state index in [1.807, 2.05) is 0 Å². The van der Waals surface area contributed by atoms with E-state index in [-0.39, 0.29) is 6.04 Å². The number of hydrogen-bond donors (Lipinski definition) is 1. The van der Waals surface area contributed by atoms with Gasteiger partial charge in [0.05, 0.1) is 0 Å². The Balaban J connectivity index is 2.97. The topological polar surface area (TPSA) is 26.0 Å². The predicted octanol–water partition coefficient (Wildman–Crippen LogP) is 1.25. The van der Waals surface area contributed by atoms with Gasteiger partial charge in [-0.2, -0.15) is 0 Å². The summed E-state index contributed by atoms with van der Waals surface area (Å²) in [5.41, 5.74) is 5.24. The average molecular weight is 117 g/mol. The molecule has 2 N–H and O–H groups in total. The van der Waals surface area contributed by atoms with E-state index in [0.717, 1.165) is 6.42 Å². The highest BCUT2D eigenvalue weighted by Gasteiger charge is 1.96. The highest BCUT2D eigenvalue weighted by atomic mass is 19.1. The average Bonchev–Trinajstić information content (AvgIpc) is 1.83. The van der Waals surface area contributed by atoms with Crippen LogP contribution in [0, 0.1) is 0 Å². The molecule has 48 valence electrons. The normalized spacial score (nSPS) is 13.2. The van der Waals surface area contributed by atoms with Gasteiger partial charge in [-0.05, 0) is 12.8 Å². The molecule has 0 saturated heterocycles. The molecular formula is C6H12FN. The van der Waals surface area contributed by atoms with Gasteiger partial charge in [0.25, 0.3) is 0 Å². The molecule has 0 aromatic carbocycles. The van der Waals surface area contributed by atoms with E-state index >= 15 is 0 Å². The first-order chi connectivity index (χ1) is 3.81. The van der Waals surface area contributed by atoms with Crippen LogP contribution in [0.2, 0.25) is 0 Å². The molecule has 0 aliphatic carbocycles. The quantitative estimate of drug-likeness (QED) is 0.551. The molecule has 0 spiro atoms. The SMILES string of the molecule is C=CCCC(N)CF. The largest absolute Gasteiger partial charge is 0.325 e. The summed E-state index contributed by atoms with van der Waals surface area (Å²) in [7, 11) is 0. The maximum Gasteiger partial charge on any atom is 0.104 e. The van der Waals surface area contributed by atoms with Crippen molar-refractivity contribution in [1.29, 1.82) is 0 Å². The van der Waals surface area contributed by atoms with Crippen molar-refractivity contribution < 1.29 is 4.39 Å². The van der Waals surface area contributed by atoms with Crippen LogP contribution in [0.15, 0.2) is 12.7 Å². The molecule has 0 aromatic heterocycles. The monoisotopic (exact) mass is 117 g/mol. The molecule has 0 aliphatic heterocycles. The Morgan fingerprint density at radius 1 is 1.75 bits per heavy atom. The zero-order valence-electron chi connectivity index (χ0n) is 4.94. The minimum atomic E-state index is -0.423. The second-order valence-electron chi connectivity index (χ2n) is 1.78. The van der Waals surface area contributed by atoms with Gasteiger partial charge >= 0.3 is 0 Å². The van der Waals surface area contributed by atoms with Crippen LogP contribution in [0.3, 0.4) is 0 Å². The van der Waals surface area contributed by atoms with Gasteiger partial charge in [0.2, 0.25) is 0 Å². The van der Waals surface area contributed by atoms with Gasteiger partial charge in [0, 0.05) is 6.04 Å². The van der Waals surface area contributed by atoms with Gasteiger partial charge in [-0.25, -0.2) is 4.39 Å². The summed E-state index contributed by atoms with van der Waals surface area (Å²) in [5.74, 6) is 0. The zero-order valence-corrected chi connectivity index (χ0v) is 4.94.